The summed E-state index contributed by atoms with van der Waals surface area (Å²) in [5.41, 5.74) is 1.95. The number of pyridine rings is 1. The lowest BCUT2D eigenvalue weighted by Crippen LogP contribution is -2.35. The quantitative estimate of drug-likeness (QED) is 0.0854. The molecule has 0 saturated heterocycles. The van der Waals surface area contributed by atoms with E-state index in [4.69, 9.17) is 14.2 Å². The molecule has 0 radical (unpaired) electrons. The van der Waals surface area contributed by atoms with Crippen molar-refractivity contribution in [3.63, 3.8) is 0 Å². The summed E-state index contributed by atoms with van der Waals surface area (Å²) in [6.45, 7) is 11.5. The highest BCUT2D eigenvalue weighted by Gasteiger charge is 2.31. The van der Waals surface area contributed by atoms with Gasteiger partial charge in [0.1, 0.15) is 29.9 Å². The Morgan fingerprint density at radius 1 is 1.14 bits per heavy atom. The number of aliphatic hydroxyl groups is 1. The van der Waals surface area contributed by atoms with Crippen molar-refractivity contribution in [3.8, 4) is 34.4 Å². The van der Waals surface area contributed by atoms with Crippen molar-refractivity contribution in [2.75, 3.05) is 25.1 Å². The van der Waals surface area contributed by atoms with Crippen molar-refractivity contribution in [3.05, 3.63) is 66.0 Å². The third-order valence-corrected chi connectivity index (χ3v) is 9.94. The van der Waals surface area contributed by atoms with Crippen LogP contribution in [0.4, 0.5) is 19.3 Å². The molecule has 1 unspecified atom stereocenters. The Balaban J connectivity index is 1.45. The summed E-state index contributed by atoms with van der Waals surface area (Å²) in [6.07, 6.45) is 5.19. The predicted octanol–water partition coefficient (Wildman–Crippen LogP) is 7.88. The lowest BCUT2D eigenvalue weighted by atomic mass is 10.0. The normalized spacial score (nSPS) is 13.7. The number of fused-ring (bicyclic) bond motifs is 1. The summed E-state index contributed by atoms with van der Waals surface area (Å²) in [6, 6.07) is 11.2. The molecular formula is C36H43F2N5O5Si. The first-order chi connectivity index (χ1) is 23.4. The Labute approximate surface area is 286 Å². The molecule has 2 amide bonds. The number of nitriles is 1. The monoisotopic (exact) mass is 691 g/mol. The molecule has 2 aromatic carbocycles. The molecule has 1 aliphatic rings. The first-order valence-electron chi connectivity index (χ1n) is 16.5. The minimum Gasteiger partial charge on any atom is -0.490 e. The number of benzene rings is 2. The minimum atomic E-state index is -1.33. The first-order valence-corrected chi connectivity index (χ1v) is 20.2. The summed E-state index contributed by atoms with van der Waals surface area (Å²) >= 11 is 0. The number of aliphatic hydroxyl groups excluding tert-OH is 1. The maximum Gasteiger partial charge on any atom is 0.319 e. The van der Waals surface area contributed by atoms with Gasteiger partial charge in [0.15, 0.2) is 17.4 Å². The van der Waals surface area contributed by atoms with Crippen molar-refractivity contribution in [1.82, 2.24) is 14.9 Å². The molecule has 260 valence electrons. The van der Waals surface area contributed by atoms with Crippen LogP contribution >= 0.6 is 0 Å². The number of urea groups is 1. The van der Waals surface area contributed by atoms with Crippen molar-refractivity contribution >= 4 is 30.8 Å². The molecule has 5 rings (SSSR count). The smallest absolute Gasteiger partial charge is 0.319 e. The van der Waals surface area contributed by atoms with Crippen LogP contribution in [0.15, 0.2) is 48.8 Å². The molecule has 1 fully saturated rings. The summed E-state index contributed by atoms with van der Waals surface area (Å²) in [7, 11) is -1.33. The van der Waals surface area contributed by atoms with Gasteiger partial charge in [-0.15, -0.1) is 0 Å². The Bertz CT molecular complexity index is 1830. The summed E-state index contributed by atoms with van der Waals surface area (Å²) < 4.78 is 50.5. The number of carbonyl (C=O) groups excluding carboxylic acids is 1. The average Bonchev–Trinajstić information content (AvgIpc) is 3.81. The van der Waals surface area contributed by atoms with Gasteiger partial charge in [-0.2, -0.15) is 5.26 Å². The zero-order valence-corrected chi connectivity index (χ0v) is 29.5. The maximum atomic E-state index is 15.5. The predicted molar refractivity (Wildman–Crippen MR) is 187 cm³/mol. The number of carbonyl (C=O) groups is 1. The molecule has 3 N–H and O–H groups in total. The van der Waals surface area contributed by atoms with E-state index in [0.717, 1.165) is 31.0 Å². The molecule has 1 atom stereocenters. The van der Waals surface area contributed by atoms with E-state index in [9.17, 15) is 15.2 Å². The van der Waals surface area contributed by atoms with Gasteiger partial charge in [0, 0.05) is 69.5 Å². The standard InChI is InChI=1S/C36H43F2N5O5Si/c1-22(2)47-31-9-8-24(14-25(31)17-39)28-19-43(21-46-12-13-49(3,4)5)35-33(28)32(10-11-40-35)48-34-29(37)15-27(16-30(34)38)42-36(45)41-18-26(20-44)23-6-7-23/h8-11,14-16,19,22-23,26,44H,6-7,12-13,18,20-21H2,1-5H3,(H2,41,42,45). The lowest BCUT2D eigenvalue weighted by Gasteiger charge is -2.16. The van der Waals surface area contributed by atoms with Crippen LogP contribution in [-0.2, 0) is 11.5 Å². The van der Waals surface area contributed by atoms with Crippen LogP contribution in [0.2, 0.25) is 25.7 Å². The Morgan fingerprint density at radius 2 is 1.88 bits per heavy atom. The molecule has 0 aliphatic heterocycles. The highest BCUT2D eigenvalue weighted by atomic mass is 28.3. The van der Waals surface area contributed by atoms with Gasteiger partial charge in [0.05, 0.1) is 17.1 Å². The van der Waals surface area contributed by atoms with Gasteiger partial charge < -0.3 is 34.5 Å². The van der Waals surface area contributed by atoms with Gasteiger partial charge in [-0.25, -0.2) is 18.6 Å². The number of aromatic nitrogens is 2. The number of anilines is 1. The van der Waals surface area contributed by atoms with E-state index in [1.54, 1.807) is 22.8 Å². The van der Waals surface area contributed by atoms with Crippen LogP contribution in [0, 0.1) is 34.8 Å². The van der Waals surface area contributed by atoms with Crippen LogP contribution in [0.5, 0.6) is 17.2 Å². The van der Waals surface area contributed by atoms with Crippen LogP contribution < -0.4 is 20.1 Å². The second kappa shape index (κ2) is 15.4. The Hall–Kier alpha value is -4.51. The number of amides is 2. The molecule has 2 heterocycles. The van der Waals surface area contributed by atoms with Gasteiger partial charge in [-0.05, 0) is 62.4 Å². The Morgan fingerprint density at radius 3 is 2.51 bits per heavy atom. The first kappa shape index (κ1) is 35.8. The second-order valence-corrected chi connectivity index (χ2v) is 19.5. The second-order valence-electron chi connectivity index (χ2n) is 13.8. The van der Waals surface area contributed by atoms with Gasteiger partial charge in [0.25, 0.3) is 0 Å². The topological polar surface area (TPSA) is 131 Å². The number of halogens is 2. The molecule has 1 saturated carbocycles. The SMILES string of the molecule is CC(C)Oc1ccc(-c2cn(COCC[Si](C)(C)C)c3nccc(Oc4c(F)cc(NC(=O)NCC(CO)C5CC5)cc4F)c23)cc1C#N. The van der Waals surface area contributed by atoms with Crippen molar-refractivity contribution in [2.45, 2.75) is 65.2 Å². The molecule has 13 heteroatoms. The minimum absolute atomic E-state index is 0.0451. The van der Waals surface area contributed by atoms with Crippen molar-refractivity contribution < 1.29 is 32.9 Å². The molecular weight excluding hydrogens is 649 g/mol. The number of nitrogens with zero attached hydrogens (tertiary/aromatic N) is 3. The third-order valence-electron chi connectivity index (χ3n) is 8.24. The van der Waals surface area contributed by atoms with E-state index in [1.165, 1.54) is 12.3 Å². The number of rotatable bonds is 15. The van der Waals surface area contributed by atoms with E-state index in [1.807, 2.05) is 20.0 Å². The molecule has 49 heavy (non-hydrogen) atoms. The van der Waals surface area contributed by atoms with Crippen LogP contribution in [-0.4, -0.2) is 54.6 Å². The zero-order valence-electron chi connectivity index (χ0n) is 28.5. The van der Waals surface area contributed by atoms with Gasteiger partial charge in [0.2, 0.25) is 0 Å². The van der Waals surface area contributed by atoms with E-state index in [2.05, 4.69) is 41.3 Å². The molecule has 0 spiro atoms. The lowest BCUT2D eigenvalue weighted by molar-refractivity contribution is 0.0899. The third kappa shape index (κ3) is 9.14. The fourth-order valence-electron chi connectivity index (χ4n) is 5.46. The van der Waals surface area contributed by atoms with Gasteiger partial charge in [-0.1, -0.05) is 25.7 Å². The van der Waals surface area contributed by atoms with E-state index in [0.29, 0.717) is 46.0 Å². The fourth-order valence-corrected chi connectivity index (χ4v) is 6.21. The maximum absolute atomic E-state index is 15.5. The van der Waals surface area contributed by atoms with Crippen LogP contribution in [0.3, 0.4) is 0 Å². The molecule has 4 aromatic rings. The zero-order chi connectivity index (χ0) is 35.3. The van der Waals surface area contributed by atoms with Crippen LogP contribution in [0.25, 0.3) is 22.2 Å². The highest BCUT2D eigenvalue weighted by Crippen LogP contribution is 2.41. The van der Waals surface area contributed by atoms with Gasteiger partial charge >= 0.3 is 6.03 Å². The number of hydrogen-bond acceptors (Lipinski definition) is 7. The largest absolute Gasteiger partial charge is 0.490 e. The number of hydrogen-bond donors (Lipinski definition) is 3. The molecule has 10 nitrogen and oxygen atoms in total. The highest BCUT2D eigenvalue weighted by molar-refractivity contribution is 6.76. The fraction of sp³-hybridized carbons (Fsp3) is 0.417. The van der Waals surface area contributed by atoms with Gasteiger partial charge in [-0.3, -0.25) is 0 Å². The molecule has 0 bridgehead atoms. The number of ether oxygens (including phenoxy) is 3. The van der Waals surface area contributed by atoms with Crippen molar-refractivity contribution in [1.29, 1.82) is 5.26 Å². The summed E-state index contributed by atoms with van der Waals surface area (Å²) in [5.74, 6) is -1.81. The summed E-state index contributed by atoms with van der Waals surface area (Å²) in [5, 5.41) is 25.0. The van der Waals surface area contributed by atoms with E-state index < -0.39 is 31.5 Å². The molecule has 2 aromatic heterocycles. The Kier molecular flexibility index (Phi) is 11.2. The van der Waals surface area contributed by atoms with Crippen molar-refractivity contribution in [2.24, 2.45) is 11.8 Å². The van der Waals surface area contributed by atoms with E-state index >= 15 is 8.78 Å². The average molecular weight is 692 g/mol. The summed E-state index contributed by atoms with van der Waals surface area (Å²) in [4.78, 5) is 17.0. The van der Waals surface area contributed by atoms with E-state index in [-0.39, 0.29) is 43.3 Å². The van der Waals surface area contributed by atoms with Crippen LogP contribution in [0.1, 0.15) is 32.3 Å². The number of nitrogens with one attached hydrogen (secondary N) is 2. The molecule has 1 aliphatic carbocycles.